The van der Waals surface area contributed by atoms with E-state index < -0.39 is 5.97 Å². The third-order valence-corrected chi connectivity index (χ3v) is 5.90. The van der Waals surface area contributed by atoms with E-state index in [-0.39, 0.29) is 18.4 Å². The van der Waals surface area contributed by atoms with E-state index >= 15 is 0 Å². The number of carbonyl (C=O) groups is 1. The van der Waals surface area contributed by atoms with Crippen LogP contribution in [0, 0.1) is 5.92 Å². The predicted molar refractivity (Wildman–Crippen MR) is 125 cm³/mol. The summed E-state index contributed by atoms with van der Waals surface area (Å²) < 4.78 is 11.0. The average Bonchev–Trinajstić information content (AvgIpc) is 2.75. The number of morpholine rings is 1. The second kappa shape index (κ2) is 10.8. The van der Waals surface area contributed by atoms with Crippen molar-refractivity contribution in [1.29, 1.82) is 0 Å². The second-order valence-corrected chi connectivity index (χ2v) is 8.67. The van der Waals surface area contributed by atoms with Crippen LogP contribution in [0.1, 0.15) is 31.7 Å². The zero-order valence-electron chi connectivity index (χ0n) is 18.3. The minimum Gasteiger partial charge on any atom is -0.481 e. The van der Waals surface area contributed by atoms with Gasteiger partial charge in [0.1, 0.15) is 0 Å². The van der Waals surface area contributed by atoms with Crippen LogP contribution in [0.2, 0.25) is 5.02 Å². The summed E-state index contributed by atoms with van der Waals surface area (Å²) in [7, 11) is 1.59. The predicted octanol–water partition coefficient (Wildman–Crippen LogP) is 5.15. The third kappa shape index (κ3) is 6.12. The van der Waals surface area contributed by atoms with Crippen LogP contribution in [0.15, 0.2) is 42.5 Å². The first-order valence-electron chi connectivity index (χ1n) is 10.6. The fourth-order valence-corrected chi connectivity index (χ4v) is 4.13. The van der Waals surface area contributed by atoms with Crippen molar-refractivity contribution in [2.45, 2.75) is 32.2 Å². The highest BCUT2D eigenvalue weighted by atomic mass is 35.5. The number of halogens is 1. The molecule has 2 aromatic carbocycles. The van der Waals surface area contributed by atoms with E-state index in [1.165, 1.54) is 0 Å². The molecule has 6 nitrogen and oxygen atoms in total. The molecular weight excluding hydrogens is 416 g/mol. The van der Waals surface area contributed by atoms with Gasteiger partial charge in [-0.05, 0) is 47.9 Å². The van der Waals surface area contributed by atoms with Crippen LogP contribution in [0.3, 0.4) is 0 Å². The van der Waals surface area contributed by atoms with Gasteiger partial charge in [0, 0.05) is 30.3 Å². The van der Waals surface area contributed by atoms with Crippen molar-refractivity contribution in [2.75, 3.05) is 43.7 Å². The molecule has 7 heteroatoms. The standard InChI is InChI=1S/C24H31ClN2O4/c1-16(2)23-15-31-11-10-27(23)22-9-4-17(18(14-30-3)13-24(28)29)12-21(22)26-20-7-5-19(25)6-8-20/h4-9,12,16,18,23,26H,10-11,13-15H2,1-3H3,(H,28,29)/t18?,23-/m0/s1. The van der Waals surface area contributed by atoms with E-state index in [1.807, 2.05) is 36.4 Å². The van der Waals surface area contributed by atoms with Gasteiger partial charge in [0.25, 0.3) is 0 Å². The second-order valence-electron chi connectivity index (χ2n) is 8.24. The number of nitrogens with zero attached hydrogens (tertiary/aromatic N) is 1. The number of carboxylic acids is 1. The molecule has 0 amide bonds. The summed E-state index contributed by atoms with van der Waals surface area (Å²) in [5.74, 6) is -0.643. The molecule has 0 radical (unpaired) electrons. The number of ether oxygens (including phenoxy) is 2. The fourth-order valence-electron chi connectivity index (χ4n) is 4.01. The molecule has 2 N–H and O–H groups in total. The molecule has 0 aliphatic carbocycles. The highest BCUT2D eigenvalue weighted by Crippen LogP contribution is 2.36. The topological polar surface area (TPSA) is 71.0 Å². The quantitative estimate of drug-likeness (QED) is 0.555. The Morgan fingerprint density at radius 3 is 2.68 bits per heavy atom. The first-order valence-corrected chi connectivity index (χ1v) is 11.0. The van der Waals surface area contributed by atoms with Gasteiger partial charge in [0.05, 0.1) is 43.7 Å². The zero-order valence-corrected chi connectivity index (χ0v) is 19.1. The zero-order chi connectivity index (χ0) is 22.4. The average molecular weight is 447 g/mol. The Morgan fingerprint density at radius 2 is 2.03 bits per heavy atom. The number of rotatable bonds is 9. The van der Waals surface area contributed by atoms with Crippen molar-refractivity contribution in [3.63, 3.8) is 0 Å². The Bertz CT molecular complexity index is 872. The summed E-state index contributed by atoms with van der Waals surface area (Å²) in [5.41, 5.74) is 3.85. The maximum Gasteiger partial charge on any atom is 0.304 e. The number of methoxy groups -OCH3 is 1. The van der Waals surface area contributed by atoms with E-state index in [2.05, 4.69) is 30.1 Å². The molecule has 1 aliphatic heterocycles. The van der Waals surface area contributed by atoms with Crippen molar-refractivity contribution in [3.05, 3.63) is 53.1 Å². The van der Waals surface area contributed by atoms with Crippen molar-refractivity contribution in [2.24, 2.45) is 5.92 Å². The minimum absolute atomic E-state index is 0.0136. The van der Waals surface area contributed by atoms with Crippen molar-refractivity contribution in [3.8, 4) is 0 Å². The molecule has 1 saturated heterocycles. The number of hydrogen-bond acceptors (Lipinski definition) is 5. The van der Waals surface area contributed by atoms with E-state index in [9.17, 15) is 9.90 Å². The summed E-state index contributed by atoms with van der Waals surface area (Å²) in [6.07, 6.45) is 0.0136. The smallest absolute Gasteiger partial charge is 0.304 e. The van der Waals surface area contributed by atoms with Crippen LogP contribution in [-0.2, 0) is 14.3 Å². The number of nitrogens with one attached hydrogen (secondary N) is 1. The van der Waals surface area contributed by atoms with Crippen LogP contribution in [0.4, 0.5) is 17.1 Å². The fraction of sp³-hybridized carbons (Fsp3) is 0.458. The molecule has 31 heavy (non-hydrogen) atoms. The lowest BCUT2D eigenvalue weighted by molar-refractivity contribution is -0.137. The first kappa shape index (κ1) is 23.4. The van der Waals surface area contributed by atoms with Gasteiger partial charge in [-0.15, -0.1) is 0 Å². The van der Waals surface area contributed by atoms with Gasteiger partial charge >= 0.3 is 5.97 Å². The summed E-state index contributed by atoms with van der Waals surface area (Å²) in [5, 5.41) is 13.5. The van der Waals surface area contributed by atoms with Crippen molar-refractivity contribution in [1.82, 2.24) is 0 Å². The highest BCUT2D eigenvalue weighted by molar-refractivity contribution is 6.30. The molecule has 0 saturated carbocycles. The van der Waals surface area contributed by atoms with Crippen LogP contribution < -0.4 is 10.2 Å². The van der Waals surface area contributed by atoms with Gasteiger partial charge < -0.3 is 24.8 Å². The Hall–Kier alpha value is -2.28. The number of benzene rings is 2. The van der Waals surface area contributed by atoms with Gasteiger partial charge in [-0.2, -0.15) is 0 Å². The number of aliphatic carboxylic acids is 1. The molecule has 1 aliphatic rings. The van der Waals surface area contributed by atoms with Crippen molar-refractivity contribution < 1.29 is 19.4 Å². The normalized spacial score (nSPS) is 17.6. The lowest BCUT2D eigenvalue weighted by atomic mass is 9.94. The Balaban J connectivity index is 2.02. The van der Waals surface area contributed by atoms with Gasteiger partial charge in [-0.25, -0.2) is 0 Å². The van der Waals surface area contributed by atoms with E-state index in [4.69, 9.17) is 21.1 Å². The summed E-state index contributed by atoms with van der Waals surface area (Å²) in [6, 6.07) is 14.0. The SMILES string of the molecule is COCC(CC(=O)O)c1ccc(N2CCOC[C@H]2C(C)C)c(Nc2ccc(Cl)cc2)c1. The maximum absolute atomic E-state index is 11.4. The molecule has 1 unspecified atom stereocenters. The molecule has 0 aromatic heterocycles. The molecule has 168 valence electrons. The maximum atomic E-state index is 11.4. The summed E-state index contributed by atoms with van der Waals surface area (Å²) in [4.78, 5) is 13.8. The van der Waals surface area contributed by atoms with Crippen LogP contribution in [0.5, 0.6) is 0 Å². The Labute approximate surface area is 189 Å². The lowest BCUT2D eigenvalue weighted by Crippen LogP contribution is -2.48. The molecule has 3 rings (SSSR count). The van der Waals surface area contributed by atoms with Crippen molar-refractivity contribution >= 4 is 34.6 Å². The minimum atomic E-state index is -0.841. The Kier molecular flexibility index (Phi) is 8.18. The van der Waals surface area contributed by atoms with E-state index in [0.29, 0.717) is 30.8 Å². The van der Waals surface area contributed by atoms with Gasteiger partial charge in [-0.1, -0.05) is 31.5 Å². The Morgan fingerprint density at radius 1 is 1.29 bits per heavy atom. The van der Waals surface area contributed by atoms with Gasteiger partial charge in [0.2, 0.25) is 0 Å². The number of hydrogen-bond donors (Lipinski definition) is 2. The largest absolute Gasteiger partial charge is 0.481 e. The van der Waals surface area contributed by atoms with E-state index in [0.717, 1.165) is 29.2 Å². The van der Waals surface area contributed by atoms with Crippen LogP contribution >= 0.6 is 11.6 Å². The number of carboxylic acid groups (broad SMARTS) is 1. The molecule has 0 spiro atoms. The molecular formula is C24H31ClN2O4. The highest BCUT2D eigenvalue weighted by Gasteiger charge is 2.28. The first-order chi connectivity index (χ1) is 14.9. The van der Waals surface area contributed by atoms with Crippen LogP contribution in [0.25, 0.3) is 0 Å². The van der Waals surface area contributed by atoms with Gasteiger partial charge in [0.15, 0.2) is 0 Å². The molecule has 2 atom stereocenters. The molecule has 1 heterocycles. The van der Waals surface area contributed by atoms with Gasteiger partial charge in [-0.3, -0.25) is 4.79 Å². The van der Waals surface area contributed by atoms with Crippen LogP contribution in [-0.4, -0.2) is 50.6 Å². The molecule has 1 fully saturated rings. The summed E-state index contributed by atoms with van der Waals surface area (Å²) in [6.45, 7) is 6.91. The summed E-state index contributed by atoms with van der Waals surface area (Å²) >= 11 is 6.05. The lowest BCUT2D eigenvalue weighted by Gasteiger charge is -2.40. The number of anilines is 3. The third-order valence-electron chi connectivity index (χ3n) is 5.65. The molecule has 0 bridgehead atoms. The van der Waals surface area contributed by atoms with E-state index in [1.54, 1.807) is 7.11 Å². The monoisotopic (exact) mass is 446 g/mol. The molecule has 2 aromatic rings.